The molecule has 160 valence electrons. The topological polar surface area (TPSA) is 31.4 Å². The number of nitrogens with zero attached hydrogens (tertiary/aromatic N) is 1. The number of para-hydroxylation sites is 1. The summed E-state index contributed by atoms with van der Waals surface area (Å²) in [6.07, 6.45) is 1.83. The molecule has 2 aliphatic heterocycles. The van der Waals surface area contributed by atoms with E-state index in [1.54, 1.807) is 0 Å². The summed E-state index contributed by atoms with van der Waals surface area (Å²) in [7, 11) is 0. The van der Waals surface area contributed by atoms with Gasteiger partial charge in [0.15, 0.2) is 0 Å². The molecule has 5 aromatic rings. The molecule has 0 aliphatic carbocycles. The van der Waals surface area contributed by atoms with E-state index in [-0.39, 0.29) is 6.71 Å². The molecule has 0 spiro atoms. The Kier molecular flexibility index (Phi) is 4.15. The smallest absolute Gasteiger partial charge is 0.260 e. The number of hydrogen-bond acceptors (Lipinski definition) is 3. The molecule has 0 saturated heterocycles. The average Bonchev–Trinajstić information content (AvgIpc) is 2.88. The second-order valence-corrected chi connectivity index (χ2v) is 8.85. The Morgan fingerprint density at radius 2 is 1.29 bits per heavy atom. The van der Waals surface area contributed by atoms with Crippen LogP contribution in [0.1, 0.15) is 5.56 Å². The van der Waals surface area contributed by atoms with Crippen LogP contribution in [0, 0.1) is 6.92 Å². The van der Waals surface area contributed by atoms with Crippen LogP contribution in [0.3, 0.4) is 0 Å². The van der Waals surface area contributed by atoms with Crippen LogP contribution in [-0.4, -0.2) is 11.7 Å². The predicted molar refractivity (Wildman–Crippen MR) is 138 cm³/mol. The summed E-state index contributed by atoms with van der Waals surface area (Å²) in [4.78, 5) is 4.64. The summed E-state index contributed by atoms with van der Waals surface area (Å²) in [6, 6.07) is 33.5. The lowest BCUT2D eigenvalue weighted by Gasteiger charge is -2.33. The Bertz CT molecular complexity index is 1580. The van der Waals surface area contributed by atoms with Crippen molar-refractivity contribution in [2.24, 2.45) is 0 Å². The molecule has 2 aliphatic rings. The molecule has 34 heavy (non-hydrogen) atoms. The van der Waals surface area contributed by atoms with E-state index < -0.39 is 0 Å². The second kappa shape index (κ2) is 7.36. The van der Waals surface area contributed by atoms with Gasteiger partial charge in [-0.3, -0.25) is 4.98 Å². The third kappa shape index (κ3) is 2.89. The summed E-state index contributed by atoms with van der Waals surface area (Å²) in [5.41, 5.74) is 8.76. The fourth-order valence-electron chi connectivity index (χ4n) is 5.18. The third-order valence-electron chi connectivity index (χ3n) is 6.78. The molecule has 0 fully saturated rings. The Balaban J connectivity index is 1.46. The van der Waals surface area contributed by atoms with Crippen LogP contribution in [-0.2, 0) is 0 Å². The van der Waals surface area contributed by atoms with Crippen molar-refractivity contribution in [1.29, 1.82) is 0 Å². The Labute approximate surface area is 198 Å². The van der Waals surface area contributed by atoms with Crippen molar-refractivity contribution < 1.29 is 9.47 Å². The van der Waals surface area contributed by atoms with Gasteiger partial charge in [0.1, 0.15) is 23.0 Å². The average molecular weight is 437 g/mol. The van der Waals surface area contributed by atoms with Crippen LogP contribution in [0.2, 0.25) is 0 Å². The van der Waals surface area contributed by atoms with Crippen molar-refractivity contribution in [2.75, 3.05) is 0 Å². The highest BCUT2D eigenvalue weighted by Gasteiger charge is 2.40. The monoisotopic (exact) mass is 437 g/mol. The van der Waals surface area contributed by atoms with Gasteiger partial charge in [0, 0.05) is 17.2 Å². The SMILES string of the molecule is Cc1cccnc1-c1cc2c3c(c1)Oc1cc(-c4ccccc4)ccc1B3c1ccccc1O2. The zero-order valence-corrected chi connectivity index (χ0v) is 18.7. The molecule has 0 unspecified atom stereocenters. The number of benzene rings is 4. The maximum atomic E-state index is 6.60. The van der Waals surface area contributed by atoms with Crippen LogP contribution >= 0.6 is 0 Å². The number of aromatic nitrogens is 1. The first-order valence-electron chi connectivity index (χ1n) is 11.5. The van der Waals surface area contributed by atoms with Crippen LogP contribution in [0.5, 0.6) is 23.0 Å². The fourth-order valence-corrected chi connectivity index (χ4v) is 5.18. The molecular weight excluding hydrogens is 417 g/mol. The van der Waals surface area contributed by atoms with Crippen LogP contribution in [0.4, 0.5) is 0 Å². The Morgan fingerprint density at radius 1 is 0.588 bits per heavy atom. The van der Waals surface area contributed by atoms with Gasteiger partial charge >= 0.3 is 0 Å². The highest BCUT2D eigenvalue weighted by atomic mass is 16.5. The van der Waals surface area contributed by atoms with Gasteiger partial charge in [0.05, 0.1) is 5.69 Å². The molecular formula is C30H20BNO2. The zero-order valence-electron chi connectivity index (χ0n) is 18.7. The molecule has 0 N–H and O–H groups in total. The van der Waals surface area contributed by atoms with E-state index in [0.717, 1.165) is 61.8 Å². The molecule has 3 nitrogen and oxygen atoms in total. The lowest BCUT2D eigenvalue weighted by atomic mass is 9.35. The summed E-state index contributed by atoms with van der Waals surface area (Å²) in [6.45, 7) is 2.14. The molecule has 4 heteroatoms. The minimum absolute atomic E-state index is 0.0578. The molecule has 0 atom stereocenters. The second-order valence-electron chi connectivity index (χ2n) is 8.85. The molecule has 4 aromatic carbocycles. The molecule has 1 aromatic heterocycles. The fraction of sp³-hybridized carbons (Fsp3) is 0.0333. The van der Waals surface area contributed by atoms with Gasteiger partial charge < -0.3 is 9.47 Å². The van der Waals surface area contributed by atoms with Crippen LogP contribution in [0.15, 0.2) is 103 Å². The zero-order chi connectivity index (χ0) is 22.6. The Morgan fingerprint density at radius 3 is 2.12 bits per heavy atom. The van der Waals surface area contributed by atoms with Crippen LogP contribution < -0.4 is 25.9 Å². The molecule has 7 rings (SSSR count). The molecule has 0 amide bonds. The van der Waals surface area contributed by atoms with Gasteiger partial charge in [-0.05, 0) is 64.9 Å². The van der Waals surface area contributed by atoms with Gasteiger partial charge in [0.25, 0.3) is 6.71 Å². The van der Waals surface area contributed by atoms with E-state index in [1.807, 2.05) is 30.5 Å². The summed E-state index contributed by atoms with van der Waals surface area (Å²) < 4.78 is 13.0. The van der Waals surface area contributed by atoms with Crippen molar-refractivity contribution in [3.63, 3.8) is 0 Å². The van der Waals surface area contributed by atoms with Gasteiger partial charge in [-0.2, -0.15) is 0 Å². The van der Waals surface area contributed by atoms with Crippen molar-refractivity contribution >= 4 is 23.1 Å². The van der Waals surface area contributed by atoms with E-state index in [1.165, 1.54) is 5.56 Å². The van der Waals surface area contributed by atoms with E-state index in [0.29, 0.717) is 0 Å². The van der Waals surface area contributed by atoms with Crippen molar-refractivity contribution in [1.82, 2.24) is 4.98 Å². The summed E-state index contributed by atoms with van der Waals surface area (Å²) >= 11 is 0. The van der Waals surface area contributed by atoms with E-state index in [2.05, 4.69) is 84.7 Å². The van der Waals surface area contributed by atoms with E-state index in [4.69, 9.17) is 9.47 Å². The molecule has 0 saturated carbocycles. The normalized spacial score (nSPS) is 12.7. The number of rotatable bonds is 2. The number of fused-ring (bicyclic) bond motifs is 4. The standard InChI is InChI=1S/C30H20BNO2/c1-19-8-7-15-32-30(19)22-17-27-29-28(18-22)34-26-16-21(20-9-3-2-4-10-20)13-14-24(26)31(29)23-11-5-6-12-25(23)33-27/h2-18H,1H3. The molecule has 3 heterocycles. The lowest BCUT2D eigenvalue weighted by molar-refractivity contribution is 0.465. The maximum Gasteiger partial charge on any atom is 0.260 e. The van der Waals surface area contributed by atoms with Crippen molar-refractivity contribution in [2.45, 2.75) is 6.92 Å². The first-order valence-corrected chi connectivity index (χ1v) is 11.5. The third-order valence-corrected chi connectivity index (χ3v) is 6.78. The largest absolute Gasteiger partial charge is 0.458 e. The van der Waals surface area contributed by atoms with E-state index >= 15 is 0 Å². The lowest BCUT2D eigenvalue weighted by Crippen LogP contribution is -2.57. The highest BCUT2D eigenvalue weighted by molar-refractivity contribution is 6.98. The first-order chi connectivity index (χ1) is 16.8. The van der Waals surface area contributed by atoms with Gasteiger partial charge in [-0.25, -0.2) is 0 Å². The molecule has 0 bridgehead atoms. The molecule has 0 radical (unpaired) electrons. The minimum Gasteiger partial charge on any atom is -0.458 e. The predicted octanol–water partition coefficient (Wildman–Crippen LogP) is 5.45. The number of ether oxygens (including phenoxy) is 2. The van der Waals surface area contributed by atoms with Crippen molar-refractivity contribution in [3.8, 4) is 45.4 Å². The van der Waals surface area contributed by atoms with E-state index in [9.17, 15) is 0 Å². The number of aryl methyl sites for hydroxylation is 1. The summed E-state index contributed by atoms with van der Waals surface area (Å²) in [5.74, 6) is 3.44. The highest BCUT2D eigenvalue weighted by Crippen LogP contribution is 2.39. The van der Waals surface area contributed by atoms with Gasteiger partial charge in [-0.1, -0.05) is 66.7 Å². The van der Waals surface area contributed by atoms with Crippen molar-refractivity contribution in [3.05, 3.63) is 109 Å². The minimum atomic E-state index is 0.0578. The first kappa shape index (κ1) is 19.2. The number of hydrogen-bond donors (Lipinski definition) is 0. The quantitative estimate of drug-likeness (QED) is 0.337. The van der Waals surface area contributed by atoms with Crippen LogP contribution in [0.25, 0.3) is 22.4 Å². The Hall–Kier alpha value is -4.31. The number of pyridine rings is 1. The van der Waals surface area contributed by atoms with Gasteiger partial charge in [-0.15, -0.1) is 0 Å². The summed E-state index contributed by atoms with van der Waals surface area (Å²) in [5, 5.41) is 0. The van der Waals surface area contributed by atoms with Gasteiger partial charge in [0.2, 0.25) is 0 Å². The maximum absolute atomic E-state index is 6.60.